The molecule has 0 saturated heterocycles. The number of benzene rings is 3. The van der Waals surface area contributed by atoms with E-state index in [1.807, 2.05) is 84.9 Å². The minimum absolute atomic E-state index is 0.314. The molecule has 1 atom stereocenters. The van der Waals surface area contributed by atoms with Crippen LogP contribution in [0.1, 0.15) is 17.2 Å². The molecule has 1 aliphatic heterocycles. The standard InChI is InChI=1S/C28H22N2O4/c31-26(19-34-27(32)16-15-22-11-6-10-21-12-7-17-29-28(21)22)30-23-13-4-5-14-25(23)33-18-24(30)20-8-2-1-3-9-20/h1-17,24H,18-19H2/b16-15+. The first-order valence-corrected chi connectivity index (χ1v) is 11.0. The highest BCUT2D eigenvalue weighted by Gasteiger charge is 2.33. The van der Waals surface area contributed by atoms with Crippen molar-refractivity contribution in [2.75, 3.05) is 18.1 Å². The van der Waals surface area contributed by atoms with Crippen LogP contribution in [0.4, 0.5) is 5.69 Å². The molecule has 1 aliphatic rings. The predicted molar refractivity (Wildman–Crippen MR) is 130 cm³/mol. The Bertz CT molecular complexity index is 1360. The maximum atomic E-state index is 13.3. The third-order valence-corrected chi connectivity index (χ3v) is 5.69. The van der Waals surface area contributed by atoms with Gasteiger partial charge in [-0.05, 0) is 29.8 Å². The monoisotopic (exact) mass is 450 g/mol. The average Bonchev–Trinajstić information content (AvgIpc) is 2.90. The molecule has 6 heteroatoms. The molecule has 34 heavy (non-hydrogen) atoms. The van der Waals surface area contributed by atoms with E-state index in [1.54, 1.807) is 17.2 Å². The van der Waals surface area contributed by atoms with E-state index in [0.29, 0.717) is 18.0 Å². The predicted octanol–water partition coefficient (Wildman–Crippen LogP) is 4.96. The number of nitrogens with zero attached hydrogens (tertiary/aromatic N) is 2. The molecule has 0 radical (unpaired) electrons. The number of carbonyl (C=O) groups is 2. The molecule has 2 heterocycles. The third-order valence-electron chi connectivity index (χ3n) is 5.69. The molecule has 0 saturated carbocycles. The zero-order valence-electron chi connectivity index (χ0n) is 18.3. The molecule has 0 bridgehead atoms. The van der Waals surface area contributed by atoms with E-state index >= 15 is 0 Å². The van der Waals surface area contributed by atoms with Gasteiger partial charge in [0, 0.05) is 23.2 Å². The highest BCUT2D eigenvalue weighted by atomic mass is 16.5. The number of anilines is 1. The Morgan fingerprint density at radius 3 is 2.65 bits per heavy atom. The molecule has 0 aliphatic carbocycles. The minimum atomic E-state index is -0.598. The highest BCUT2D eigenvalue weighted by Crippen LogP contribution is 2.39. The normalized spacial score (nSPS) is 15.1. The van der Waals surface area contributed by atoms with Crippen LogP contribution in [0.2, 0.25) is 0 Å². The van der Waals surface area contributed by atoms with Crippen LogP contribution in [0.5, 0.6) is 5.75 Å². The number of fused-ring (bicyclic) bond motifs is 2. The fraction of sp³-hybridized carbons (Fsp3) is 0.107. The Hall–Kier alpha value is -4.45. The van der Waals surface area contributed by atoms with E-state index in [0.717, 1.165) is 22.0 Å². The number of hydrogen-bond acceptors (Lipinski definition) is 5. The molecule has 3 aromatic carbocycles. The molecule has 0 spiro atoms. The zero-order valence-corrected chi connectivity index (χ0v) is 18.3. The van der Waals surface area contributed by atoms with Gasteiger partial charge < -0.3 is 9.47 Å². The summed E-state index contributed by atoms with van der Waals surface area (Å²) >= 11 is 0. The second-order valence-electron chi connectivity index (χ2n) is 7.83. The molecular formula is C28H22N2O4. The van der Waals surface area contributed by atoms with E-state index in [4.69, 9.17) is 9.47 Å². The van der Waals surface area contributed by atoms with Crippen molar-refractivity contribution in [1.29, 1.82) is 0 Å². The van der Waals surface area contributed by atoms with Gasteiger partial charge in [0.1, 0.15) is 12.4 Å². The summed E-state index contributed by atoms with van der Waals surface area (Å²) in [5.74, 6) is -0.296. The molecule has 1 amide bonds. The Labute approximate surface area is 197 Å². The van der Waals surface area contributed by atoms with Gasteiger partial charge in [-0.25, -0.2) is 4.79 Å². The molecule has 4 aromatic rings. The molecule has 0 fully saturated rings. The summed E-state index contributed by atoms with van der Waals surface area (Å²) in [4.78, 5) is 31.7. The average molecular weight is 450 g/mol. The summed E-state index contributed by atoms with van der Waals surface area (Å²) in [6.07, 6.45) is 4.68. The van der Waals surface area contributed by atoms with Crippen LogP contribution in [-0.2, 0) is 14.3 Å². The minimum Gasteiger partial charge on any atom is -0.489 e. The maximum absolute atomic E-state index is 13.3. The quantitative estimate of drug-likeness (QED) is 0.318. The number of amides is 1. The lowest BCUT2D eigenvalue weighted by molar-refractivity contribution is -0.143. The Morgan fingerprint density at radius 2 is 1.76 bits per heavy atom. The number of para-hydroxylation sites is 3. The highest BCUT2D eigenvalue weighted by molar-refractivity contribution is 5.99. The van der Waals surface area contributed by atoms with Gasteiger partial charge in [-0.2, -0.15) is 0 Å². The van der Waals surface area contributed by atoms with Crippen molar-refractivity contribution >= 4 is 34.5 Å². The topological polar surface area (TPSA) is 68.7 Å². The van der Waals surface area contributed by atoms with Gasteiger partial charge in [-0.3, -0.25) is 14.7 Å². The van der Waals surface area contributed by atoms with E-state index in [2.05, 4.69) is 4.98 Å². The summed E-state index contributed by atoms with van der Waals surface area (Å²) in [6, 6.07) is 26.3. The fourth-order valence-electron chi connectivity index (χ4n) is 4.09. The largest absolute Gasteiger partial charge is 0.489 e. The van der Waals surface area contributed by atoms with E-state index in [-0.39, 0.29) is 18.6 Å². The summed E-state index contributed by atoms with van der Waals surface area (Å²) in [5.41, 5.74) is 3.19. The third kappa shape index (κ3) is 4.38. The second kappa shape index (κ2) is 9.58. The number of carbonyl (C=O) groups excluding carboxylic acids is 2. The van der Waals surface area contributed by atoms with Crippen LogP contribution in [0, 0.1) is 0 Å². The van der Waals surface area contributed by atoms with Gasteiger partial charge in [0.05, 0.1) is 17.2 Å². The summed E-state index contributed by atoms with van der Waals surface area (Å²) in [7, 11) is 0. The van der Waals surface area contributed by atoms with E-state index < -0.39 is 5.97 Å². The number of pyridine rings is 1. The molecule has 6 nitrogen and oxygen atoms in total. The molecule has 168 valence electrons. The van der Waals surface area contributed by atoms with Crippen LogP contribution in [0.25, 0.3) is 17.0 Å². The Kier molecular flexibility index (Phi) is 6.03. The maximum Gasteiger partial charge on any atom is 0.331 e. The van der Waals surface area contributed by atoms with Crippen LogP contribution in [0.3, 0.4) is 0 Å². The van der Waals surface area contributed by atoms with Gasteiger partial charge in [-0.15, -0.1) is 0 Å². The summed E-state index contributed by atoms with van der Waals surface area (Å²) in [6.45, 7) is -0.0661. The summed E-state index contributed by atoms with van der Waals surface area (Å²) < 4.78 is 11.2. The number of aromatic nitrogens is 1. The first kappa shape index (κ1) is 21.4. The Morgan fingerprint density at radius 1 is 0.971 bits per heavy atom. The SMILES string of the molecule is O=C(/C=C/c1cccc2cccnc12)OCC(=O)N1c2ccccc2OCC1c1ccccc1. The van der Waals surface area contributed by atoms with Crippen molar-refractivity contribution in [1.82, 2.24) is 4.98 Å². The van der Waals surface area contributed by atoms with Gasteiger partial charge in [0.15, 0.2) is 6.61 Å². The van der Waals surface area contributed by atoms with Crippen molar-refractivity contribution in [3.05, 3.63) is 108 Å². The molecule has 0 N–H and O–H groups in total. The van der Waals surface area contributed by atoms with Gasteiger partial charge in [0.2, 0.25) is 0 Å². The number of esters is 1. The van der Waals surface area contributed by atoms with E-state index in [9.17, 15) is 9.59 Å². The second-order valence-corrected chi connectivity index (χ2v) is 7.83. The van der Waals surface area contributed by atoms with Crippen molar-refractivity contribution in [2.45, 2.75) is 6.04 Å². The van der Waals surface area contributed by atoms with Crippen molar-refractivity contribution in [3.63, 3.8) is 0 Å². The fourth-order valence-corrected chi connectivity index (χ4v) is 4.09. The van der Waals surface area contributed by atoms with Gasteiger partial charge in [0.25, 0.3) is 5.91 Å². The summed E-state index contributed by atoms with van der Waals surface area (Å²) in [5, 5.41) is 0.978. The molecule has 1 unspecified atom stereocenters. The van der Waals surface area contributed by atoms with Crippen LogP contribution in [-0.4, -0.2) is 30.1 Å². The van der Waals surface area contributed by atoms with Gasteiger partial charge in [-0.1, -0.05) is 66.7 Å². The molecule has 5 rings (SSSR count). The van der Waals surface area contributed by atoms with E-state index in [1.165, 1.54) is 6.08 Å². The first-order valence-electron chi connectivity index (χ1n) is 11.0. The van der Waals surface area contributed by atoms with Crippen LogP contribution < -0.4 is 9.64 Å². The molecular weight excluding hydrogens is 428 g/mol. The number of ether oxygens (including phenoxy) is 2. The lowest BCUT2D eigenvalue weighted by Crippen LogP contribution is -2.43. The zero-order chi connectivity index (χ0) is 23.3. The van der Waals surface area contributed by atoms with Crippen molar-refractivity contribution < 1.29 is 19.1 Å². The number of hydrogen-bond donors (Lipinski definition) is 0. The van der Waals surface area contributed by atoms with Crippen molar-refractivity contribution in [3.8, 4) is 5.75 Å². The lowest BCUT2D eigenvalue weighted by Gasteiger charge is -2.37. The van der Waals surface area contributed by atoms with Gasteiger partial charge >= 0.3 is 5.97 Å². The Balaban J connectivity index is 1.32. The number of rotatable bonds is 5. The van der Waals surface area contributed by atoms with Crippen LogP contribution >= 0.6 is 0 Å². The first-order chi connectivity index (χ1) is 16.7. The smallest absolute Gasteiger partial charge is 0.331 e. The lowest BCUT2D eigenvalue weighted by atomic mass is 10.0. The van der Waals surface area contributed by atoms with Crippen molar-refractivity contribution in [2.24, 2.45) is 0 Å². The molecule has 1 aromatic heterocycles. The van der Waals surface area contributed by atoms with Crippen LogP contribution in [0.15, 0.2) is 97.2 Å².